The summed E-state index contributed by atoms with van der Waals surface area (Å²) in [6.45, 7) is 7.24. The van der Waals surface area contributed by atoms with Crippen molar-refractivity contribution in [1.82, 2.24) is 0 Å². The lowest BCUT2D eigenvalue weighted by Crippen LogP contribution is -2.29. The van der Waals surface area contributed by atoms with Gasteiger partial charge in [0.25, 0.3) is 0 Å². The number of aliphatic hydroxyl groups is 1. The van der Waals surface area contributed by atoms with Crippen LogP contribution in [0, 0.1) is 5.41 Å². The second-order valence-corrected chi connectivity index (χ2v) is 3.73. The highest BCUT2D eigenvalue weighted by atomic mass is 16.5. The van der Waals surface area contributed by atoms with Crippen LogP contribution in [-0.4, -0.2) is 23.8 Å². The third-order valence-electron chi connectivity index (χ3n) is 1.47. The summed E-state index contributed by atoms with van der Waals surface area (Å²) in [5.41, 5.74) is -0.473. The van der Waals surface area contributed by atoms with Crippen LogP contribution in [0.4, 0.5) is 0 Å². The van der Waals surface area contributed by atoms with Crippen molar-refractivity contribution >= 4 is 5.97 Å². The highest BCUT2D eigenvalue weighted by molar-refractivity contribution is 5.70. The molecule has 0 heterocycles. The van der Waals surface area contributed by atoms with Gasteiger partial charge in [0.05, 0.1) is 19.1 Å². The van der Waals surface area contributed by atoms with Gasteiger partial charge in [-0.15, -0.1) is 0 Å². The summed E-state index contributed by atoms with van der Waals surface area (Å²) in [4.78, 5) is 11.1. The number of carbonyl (C=O) groups is 1. The molecule has 0 amide bonds. The van der Waals surface area contributed by atoms with Gasteiger partial charge in [0.15, 0.2) is 0 Å². The molecular weight excluding hydrogens is 156 g/mol. The third-order valence-corrected chi connectivity index (χ3v) is 1.47. The molecule has 0 spiro atoms. The van der Waals surface area contributed by atoms with Gasteiger partial charge in [-0.3, -0.25) is 4.79 Å². The standard InChI is InChI=1S/C9H18O3/c1-5-12-8(11)6-7(10)9(2,3)4/h7,10H,5-6H2,1-4H3/t7-/m1/s1/i6D/t6?,7-. The molecule has 12 heavy (non-hydrogen) atoms. The summed E-state index contributed by atoms with van der Waals surface area (Å²) >= 11 is 0. The molecule has 0 fully saturated rings. The molecule has 0 aromatic heterocycles. The molecule has 0 saturated heterocycles. The molecule has 0 aliphatic rings. The Morgan fingerprint density at radius 1 is 1.67 bits per heavy atom. The van der Waals surface area contributed by atoms with E-state index in [2.05, 4.69) is 4.74 Å². The second kappa shape index (κ2) is 4.45. The van der Waals surface area contributed by atoms with Crippen LogP contribution in [0.3, 0.4) is 0 Å². The van der Waals surface area contributed by atoms with Crippen LogP contribution in [0.1, 0.15) is 35.5 Å². The van der Waals surface area contributed by atoms with Gasteiger partial charge in [0.1, 0.15) is 0 Å². The van der Waals surface area contributed by atoms with Crippen LogP contribution >= 0.6 is 0 Å². The first-order valence-electron chi connectivity index (χ1n) is 4.65. The van der Waals surface area contributed by atoms with E-state index in [1.807, 2.05) is 0 Å². The molecule has 3 heteroatoms. The molecule has 0 saturated carbocycles. The molecule has 0 aliphatic carbocycles. The van der Waals surface area contributed by atoms with E-state index in [1.54, 1.807) is 27.7 Å². The Hall–Kier alpha value is -0.570. The van der Waals surface area contributed by atoms with Gasteiger partial charge in [-0.2, -0.15) is 0 Å². The Morgan fingerprint density at radius 3 is 2.50 bits per heavy atom. The number of ether oxygens (including phenoxy) is 1. The number of rotatable bonds is 3. The second-order valence-electron chi connectivity index (χ2n) is 3.73. The summed E-state index contributed by atoms with van der Waals surface area (Å²) in [5.74, 6) is -0.662. The number of aliphatic hydroxyl groups excluding tert-OH is 1. The van der Waals surface area contributed by atoms with Crippen LogP contribution in [0.25, 0.3) is 0 Å². The van der Waals surface area contributed by atoms with Crippen LogP contribution in [-0.2, 0) is 9.53 Å². The van der Waals surface area contributed by atoms with Crippen molar-refractivity contribution in [3.63, 3.8) is 0 Å². The van der Waals surface area contributed by atoms with Gasteiger partial charge >= 0.3 is 5.97 Å². The quantitative estimate of drug-likeness (QED) is 0.658. The zero-order valence-electron chi connectivity index (χ0n) is 9.13. The Bertz CT molecular complexity index is 174. The average molecular weight is 175 g/mol. The molecule has 72 valence electrons. The summed E-state index contributed by atoms with van der Waals surface area (Å²) < 4.78 is 12.1. The van der Waals surface area contributed by atoms with Gasteiger partial charge < -0.3 is 9.84 Å². The van der Waals surface area contributed by atoms with E-state index in [-0.39, 0.29) is 6.61 Å². The maximum Gasteiger partial charge on any atom is 0.308 e. The van der Waals surface area contributed by atoms with E-state index in [9.17, 15) is 9.90 Å². The first-order chi connectivity index (χ1) is 5.80. The van der Waals surface area contributed by atoms with Gasteiger partial charge in [-0.05, 0) is 12.3 Å². The first-order valence-corrected chi connectivity index (χ1v) is 4.07. The summed E-state index contributed by atoms with van der Waals surface area (Å²) in [5, 5.41) is 9.56. The smallest absolute Gasteiger partial charge is 0.308 e. The largest absolute Gasteiger partial charge is 0.466 e. The van der Waals surface area contributed by atoms with Crippen molar-refractivity contribution in [1.29, 1.82) is 0 Å². The zero-order valence-corrected chi connectivity index (χ0v) is 8.13. The van der Waals surface area contributed by atoms with Gasteiger partial charge in [-0.25, -0.2) is 0 Å². The molecule has 0 bridgehead atoms. The zero-order chi connectivity index (χ0) is 10.6. The van der Waals surface area contributed by atoms with E-state index in [4.69, 9.17) is 1.37 Å². The van der Waals surface area contributed by atoms with Crippen molar-refractivity contribution in [2.24, 2.45) is 5.41 Å². The van der Waals surface area contributed by atoms with Crippen LogP contribution in [0.15, 0.2) is 0 Å². The van der Waals surface area contributed by atoms with Crippen molar-refractivity contribution < 1.29 is 16.0 Å². The topological polar surface area (TPSA) is 46.5 Å². The molecule has 0 aromatic rings. The fourth-order valence-corrected chi connectivity index (χ4v) is 0.569. The maximum atomic E-state index is 11.1. The molecular formula is C9H18O3. The molecule has 1 N–H and O–H groups in total. The monoisotopic (exact) mass is 175 g/mol. The Morgan fingerprint density at radius 2 is 2.17 bits per heavy atom. The minimum absolute atomic E-state index is 0.241. The molecule has 2 atom stereocenters. The van der Waals surface area contributed by atoms with Crippen LogP contribution in [0.5, 0.6) is 0 Å². The predicted molar refractivity (Wildman–Crippen MR) is 46.7 cm³/mol. The lowest BCUT2D eigenvalue weighted by atomic mass is 9.87. The highest BCUT2D eigenvalue weighted by Crippen LogP contribution is 2.21. The molecule has 0 aliphatic heterocycles. The fraction of sp³-hybridized carbons (Fsp3) is 0.889. The van der Waals surface area contributed by atoms with Gasteiger partial charge in [0.2, 0.25) is 0 Å². The number of carbonyl (C=O) groups excluding carboxylic acids is 1. The van der Waals surface area contributed by atoms with E-state index in [0.717, 1.165) is 0 Å². The van der Waals surface area contributed by atoms with Gasteiger partial charge in [0, 0.05) is 1.37 Å². The lowest BCUT2D eigenvalue weighted by molar-refractivity contribution is -0.147. The van der Waals surface area contributed by atoms with Crippen molar-refractivity contribution in [3.05, 3.63) is 0 Å². The van der Waals surface area contributed by atoms with Crippen molar-refractivity contribution in [2.45, 2.75) is 40.2 Å². The normalized spacial score (nSPS) is 17.9. The number of hydrogen-bond donors (Lipinski definition) is 1. The Labute approximate surface area is 75.1 Å². The summed E-state index contributed by atoms with van der Waals surface area (Å²) in [6.07, 6.45) is -2.20. The molecule has 0 radical (unpaired) electrons. The van der Waals surface area contributed by atoms with E-state index in [0.29, 0.717) is 0 Å². The number of hydrogen-bond acceptors (Lipinski definition) is 3. The Balaban J connectivity index is 4.25. The fourth-order valence-electron chi connectivity index (χ4n) is 0.569. The van der Waals surface area contributed by atoms with E-state index < -0.39 is 23.9 Å². The minimum Gasteiger partial charge on any atom is -0.466 e. The van der Waals surface area contributed by atoms with Gasteiger partial charge in [-0.1, -0.05) is 20.8 Å². The summed E-state index contributed by atoms with van der Waals surface area (Å²) in [6, 6.07) is 0. The SMILES string of the molecule is [2H]C(C(=O)OCC)[C@@H](O)C(C)(C)C. The molecule has 3 nitrogen and oxygen atoms in total. The molecule has 0 rings (SSSR count). The highest BCUT2D eigenvalue weighted by Gasteiger charge is 2.24. The van der Waals surface area contributed by atoms with Crippen LogP contribution in [0.2, 0.25) is 0 Å². The predicted octanol–water partition coefficient (Wildman–Crippen LogP) is 1.35. The average Bonchev–Trinajstić information content (AvgIpc) is 2.00. The third kappa shape index (κ3) is 4.34. The lowest BCUT2D eigenvalue weighted by Gasteiger charge is -2.24. The molecule has 1 unspecified atom stereocenters. The van der Waals surface area contributed by atoms with Crippen molar-refractivity contribution in [2.75, 3.05) is 6.61 Å². The minimum atomic E-state index is -1.21. The Kier molecular flexibility index (Phi) is 3.53. The summed E-state index contributed by atoms with van der Waals surface area (Å²) in [7, 11) is 0. The van der Waals surface area contributed by atoms with Crippen molar-refractivity contribution in [3.8, 4) is 0 Å². The number of esters is 1. The van der Waals surface area contributed by atoms with E-state index in [1.165, 1.54) is 0 Å². The van der Waals surface area contributed by atoms with E-state index >= 15 is 0 Å². The maximum absolute atomic E-state index is 11.1. The molecule has 0 aromatic carbocycles. The van der Waals surface area contributed by atoms with Crippen LogP contribution < -0.4 is 0 Å². The first kappa shape index (κ1) is 9.52.